The van der Waals surface area contributed by atoms with Gasteiger partial charge in [-0.05, 0) is 31.5 Å². The van der Waals surface area contributed by atoms with Crippen molar-refractivity contribution >= 4 is 40.4 Å². The first-order valence-corrected chi connectivity index (χ1v) is 7.48. The first-order chi connectivity index (χ1) is 8.16. The number of nitrogens with two attached hydrogens (primary N) is 1. The maximum Gasteiger partial charge on any atom is 0.0797 e. The summed E-state index contributed by atoms with van der Waals surface area (Å²) in [7, 11) is 0. The van der Waals surface area contributed by atoms with Crippen LogP contribution < -0.4 is 5.73 Å². The third-order valence-corrected chi connectivity index (χ3v) is 4.72. The van der Waals surface area contributed by atoms with E-state index in [1.807, 2.05) is 24.6 Å². The van der Waals surface area contributed by atoms with Gasteiger partial charge in [-0.1, -0.05) is 11.6 Å². The van der Waals surface area contributed by atoms with E-state index >= 15 is 0 Å². The fourth-order valence-electron chi connectivity index (χ4n) is 1.47. The second-order valence-electron chi connectivity index (χ2n) is 3.64. The number of aromatic nitrogens is 1. The third-order valence-electron chi connectivity index (χ3n) is 2.40. The molecule has 2 N–H and O–H groups in total. The lowest BCUT2D eigenvalue weighted by Crippen LogP contribution is -1.92. The number of thioether (sulfide) groups is 1. The van der Waals surface area contributed by atoms with Gasteiger partial charge in [0.05, 0.1) is 11.2 Å². The zero-order chi connectivity index (χ0) is 12.3. The Bertz CT molecular complexity index is 511. The molecule has 0 amide bonds. The molecule has 2 rings (SSSR count). The minimum Gasteiger partial charge on any atom is -0.398 e. The lowest BCUT2D eigenvalue weighted by atomic mass is 10.3. The molecule has 0 bridgehead atoms. The molecule has 0 atom stereocenters. The highest BCUT2D eigenvalue weighted by Crippen LogP contribution is 2.28. The quantitative estimate of drug-likeness (QED) is 0.681. The molecule has 0 spiro atoms. The number of benzene rings is 1. The molecule has 0 saturated carbocycles. The topological polar surface area (TPSA) is 38.9 Å². The van der Waals surface area contributed by atoms with E-state index in [1.54, 1.807) is 29.2 Å². The molecule has 0 aliphatic rings. The zero-order valence-electron chi connectivity index (χ0n) is 9.44. The summed E-state index contributed by atoms with van der Waals surface area (Å²) in [5, 5.41) is 0.685. The summed E-state index contributed by atoms with van der Waals surface area (Å²) in [5.41, 5.74) is 9.68. The molecule has 5 heteroatoms. The number of hydrogen-bond donors (Lipinski definition) is 1. The second-order valence-corrected chi connectivity index (χ2v) is 6.15. The van der Waals surface area contributed by atoms with Crippen molar-refractivity contribution in [2.75, 3.05) is 11.5 Å². The fourth-order valence-corrected chi connectivity index (χ4v) is 3.48. The number of thiazole rings is 1. The highest BCUT2D eigenvalue weighted by molar-refractivity contribution is 7.99. The van der Waals surface area contributed by atoms with Gasteiger partial charge < -0.3 is 5.73 Å². The summed E-state index contributed by atoms with van der Waals surface area (Å²) >= 11 is 9.33. The van der Waals surface area contributed by atoms with Crippen molar-refractivity contribution in [1.82, 2.24) is 4.98 Å². The largest absolute Gasteiger partial charge is 0.398 e. The van der Waals surface area contributed by atoms with Crippen molar-refractivity contribution in [2.45, 2.75) is 18.2 Å². The number of rotatable bonds is 4. The summed E-state index contributed by atoms with van der Waals surface area (Å²) in [6.07, 6.45) is 1.03. The van der Waals surface area contributed by atoms with Gasteiger partial charge in [-0.15, -0.1) is 23.1 Å². The number of hydrogen-bond acceptors (Lipinski definition) is 4. The van der Waals surface area contributed by atoms with Gasteiger partial charge in [0.1, 0.15) is 0 Å². The second kappa shape index (κ2) is 5.76. The Morgan fingerprint density at radius 1 is 1.47 bits per heavy atom. The van der Waals surface area contributed by atoms with E-state index in [4.69, 9.17) is 17.3 Å². The first-order valence-electron chi connectivity index (χ1n) is 5.23. The molecule has 1 heterocycles. The Balaban J connectivity index is 1.92. The number of anilines is 1. The molecule has 1 aromatic heterocycles. The molecule has 2 aromatic rings. The number of halogens is 1. The Morgan fingerprint density at radius 3 is 2.94 bits per heavy atom. The van der Waals surface area contributed by atoms with Gasteiger partial charge in [-0.2, -0.15) is 0 Å². The van der Waals surface area contributed by atoms with Crippen LogP contribution in [0.2, 0.25) is 5.02 Å². The van der Waals surface area contributed by atoms with Gasteiger partial charge >= 0.3 is 0 Å². The maximum absolute atomic E-state index is 5.90. The molecule has 0 saturated heterocycles. The highest BCUT2D eigenvalue weighted by atomic mass is 35.5. The van der Waals surface area contributed by atoms with E-state index in [0.29, 0.717) is 5.02 Å². The van der Waals surface area contributed by atoms with Crippen LogP contribution in [0, 0.1) is 6.92 Å². The number of aryl methyl sites for hydroxylation is 2. The fraction of sp³-hybridized carbons (Fsp3) is 0.250. The summed E-state index contributed by atoms with van der Waals surface area (Å²) in [6.45, 7) is 2.05. The Kier molecular flexibility index (Phi) is 4.31. The minimum atomic E-state index is 0.685. The van der Waals surface area contributed by atoms with Gasteiger partial charge in [-0.3, -0.25) is 0 Å². The lowest BCUT2D eigenvalue weighted by molar-refractivity contribution is 1.12. The monoisotopic (exact) mass is 284 g/mol. The Morgan fingerprint density at radius 2 is 2.29 bits per heavy atom. The third kappa shape index (κ3) is 3.37. The summed E-state index contributed by atoms with van der Waals surface area (Å²) < 4.78 is 0. The molecule has 0 aliphatic heterocycles. The molecule has 0 radical (unpaired) electrons. The first kappa shape index (κ1) is 12.7. The van der Waals surface area contributed by atoms with E-state index in [2.05, 4.69) is 4.98 Å². The van der Waals surface area contributed by atoms with Gasteiger partial charge in [0.25, 0.3) is 0 Å². The van der Waals surface area contributed by atoms with Crippen LogP contribution in [0.25, 0.3) is 0 Å². The highest BCUT2D eigenvalue weighted by Gasteiger charge is 2.04. The smallest absolute Gasteiger partial charge is 0.0797 e. The van der Waals surface area contributed by atoms with Crippen LogP contribution in [0.1, 0.15) is 10.6 Å². The zero-order valence-corrected chi connectivity index (χ0v) is 11.8. The molecular formula is C12H13ClN2S2. The average molecular weight is 285 g/mol. The molecule has 0 aliphatic carbocycles. The summed E-state index contributed by atoms with van der Waals surface area (Å²) in [4.78, 5) is 6.68. The standard InChI is InChI=1S/C12H13ClN2S2/c1-8-11(17-7-15-8)4-5-16-12-3-2-9(13)6-10(12)14/h2-3,6-7H,4-5,14H2,1H3. The molecule has 1 aromatic carbocycles. The van der Waals surface area contributed by atoms with Gasteiger partial charge in [-0.25, -0.2) is 4.98 Å². The molecule has 90 valence electrons. The maximum atomic E-state index is 5.90. The minimum absolute atomic E-state index is 0.685. The van der Waals surface area contributed by atoms with Gasteiger partial charge in [0.15, 0.2) is 0 Å². The predicted octanol–water partition coefficient (Wildman–Crippen LogP) is 4.02. The van der Waals surface area contributed by atoms with Crippen LogP contribution in [-0.4, -0.2) is 10.7 Å². The normalized spacial score (nSPS) is 10.7. The van der Waals surface area contributed by atoms with E-state index in [-0.39, 0.29) is 0 Å². The van der Waals surface area contributed by atoms with Crippen LogP contribution >= 0.6 is 34.7 Å². The number of nitrogen functional groups attached to an aromatic ring is 1. The van der Waals surface area contributed by atoms with Crippen LogP contribution in [-0.2, 0) is 6.42 Å². The van der Waals surface area contributed by atoms with Gasteiger partial charge in [0, 0.05) is 26.2 Å². The summed E-state index contributed by atoms with van der Waals surface area (Å²) in [5.74, 6) is 1.01. The van der Waals surface area contributed by atoms with Gasteiger partial charge in [0.2, 0.25) is 0 Å². The lowest BCUT2D eigenvalue weighted by Gasteiger charge is -2.05. The van der Waals surface area contributed by atoms with Crippen LogP contribution in [0.5, 0.6) is 0 Å². The van der Waals surface area contributed by atoms with Crippen LogP contribution in [0.4, 0.5) is 5.69 Å². The van der Waals surface area contributed by atoms with Crippen molar-refractivity contribution < 1.29 is 0 Å². The van der Waals surface area contributed by atoms with Crippen molar-refractivity contribution in [3.05, 3.63) is 39.3 Å². The SMILES string of the molecule is Cc1ncsc1CCSc1ccc(Cl)cc1N. The Hall–Kier alpha value is -0.710. The number of nitrogens with zero attached hydrogens (tertiary/aromatic N) is 1. The molecule has 0 unspecified atom stereocenters. The van der Waals surface area contributed by atoms with Crippen molar-refractivity contribution in [2.24, 2.45) is 0 Å². The molecule has 0 fully saturated rings. The van der Waals surface area contributed by atoms with Crippen molar-refractivity contribution in [3.63, 3.8) is 0 Å². The molecule has 2 nitrogen and oxygen atoms in total. The molecule has 17 heavy (non-hydrogen) atoms. The van der Waals surface area contributed by atoms with E-state index in [0.717, 1.165) is 28.5 Å². The van der Waals surface area contributed by atoms with E-state index < -0.39 is 0 Å². The van der Waals surface area contributed by atoms with E-state index in [9.17, 15) is 0 Å². The Labute approximate surface area is 114 Å². The predicted molar refractivity (Wildman–Crippen MR) is 77.1 cm³/mol. The van der Waals surface area contributed by atoms with E-state index in [1.165, 1.54) is 4.88 Å². The van der Waals surface area contributed by atoms with Crippen molar-refractivity contribution in [3.8, 4) is 0 Å². The average Bonchev–Trinajstić information content (AvgIpc) is 2.68. The van der Waals surface area contributed by atoms with Crippen molar-refractivity contribution in [1.29, 1.82) is 0 Å². The molecular weight excluding hydrogens is 272 g/mol. The van der Waals surface area contributed by atoms with Crippen LogP contribution in [0.15, 0.2) is 28.6 Å². The van der Waals surface area contributed by atoms with Crippen LogP contribution in [0.3, 0.4) is 0 Å². The summed E-state index contributed by atoms with van der Waals surface area (Å²) in [6, 6.07) is 5.64.